The van der Waals surface area contributed by atoms with E-state index in [1.165, 1.54) is 0 Å². The van der Waals surface area contributed by atoms with Gasteiger partial charge in [-0.15, -0.1) is 0 Å². The Kier molecular flexibility index (Phi) is 3.36. The van der Waals surface area contributed by atoms with Crippen LogP contribution in [0.15, 0.2) is 0 Å². The van der Waals surface area contributed by atoms with E-state index in [-0.39, 0.29) is 11.3 Å². The van der Waals surface area contributed by atoms with Crippen LogP contribution in [0.3, 0.4) is 0 Å². The van der Waals surface area contributed by atoms with Crippen LogP contribution in [0.1, 0.15) is 27.7 Å². The zero-order valence-electron chi connectivity index (χ0n) is 6.74. The van der Waals surface area contributed by atoms with Gasteiger partial charge < -0.3 is 0 Å². The molecule has 0 heterocycles. The van der Waals surface area contributed by atoms with Crippen LogP contribution in [0.5, 0.6) is 0 Å². The molecule has 0 aromatic heterocycles. The standard InChI is InChI=1S/C6H14Cl3P/c1-5(2)10(7,8,9)6(3)4/h5-6H,1-4H3. The van der Waals surface area contributed by atoms with Crippen LogP contribution in [0.4, 0.5) is 0 Å². The van der Waals surface area contributed by atoms with Crippen LogP contribution in [0, 0.1) is 0 Å². The van der Waals surface area contributed by atoms with Crippen LogP contribution < -0.4 is 0 Å². The average Bonchev–Trinajstić information content (AvgIpc) is 1.63. The van der Waals surface area contributed by atoms with E-state index in [0.717, 1.165) is 0 Å². The zero-order valence-corrected chi connectivity index (χ0v) is 9.90. The van der Waals surface area contributed by atoms with E-state index >= 15 is 0 Å². The van der Waals surface area contributed by atoms with E-state index < -0.39 is 4.66 Å². The van der Waals surface area contributed by atoms with Gasteiger partial charge in [-0.3, -0.25) is 0 Å². The van der Waals surface area contributed by atoms with Crippen molar-refractivity contribution < 1.29 is 0 Å². The van der Waals surface area contributed by atoms with E-state index in [0.29, 0.717) is 0 Å². The molecule has 0 unspecified atom stereocenters. The predicted molar refractivity (Wildman–Crippen MR) is 54.8 cm³/mol. The number of hydrogen-bond donors (Lipinski definition) is 0. The van der Waals surface area contributed by atoms with Gasteiger partial charge in [0.2, 0.25) is 0 Å². The Morgan fingerprint density at radius 3 is 1.00 bits per heavy atom. The van der Waals surface area contributed by atoms with Crippen molar-refractivity contribution in [3.63, 3.8) is 0 Å². The van der Waals surface area contributed by atoms with Gasteiger partial charge in [-0.2, -0.15) is 0 Å². The molecule has 0 radical (unpaired) electrons. The summed E-state index contributed by atoms with van der Waals surface area (Å²) in [6.07, 6.45) is 0. The molecular weight excluding hydrogens is 209 g/mol. The molecule has 0 N–H and O–H groups in total. The van der Waals surface area contributed by atoms with Crippen LogP contribution >= 0.6 is 38.4 Å². The third-order valence-corrected chi connectivity index (χ3v) is 12.3. The van der Waals surface area contributed by atoms with Crippen molar-refractivity contribution in [1.29, 1.82) is 0 Å². The molecule has 0 aliphatic carbocycles. The monoisotopic (exact) mass is 222 g/mol. The normalized spacial score (nSPS) is 17.5. The van der Waals surface area contributed by atoms with E-state index in [4.69, 9.17) is 33.7 Å². The molecule has 0 rings (SSSR count). The Balaban J connectivity index is 4.59. The van der Waals surface area contributed by atoms with Gasteiger partial charge in [0, 0.05) is 0 Å². The molecule has 64 valence electrons. The second-order valence-corrected chi connectivity index (χ2v) is 15.1. The van der Waals surface area contributed by atoms with E-state index in [1.807, 2.05) is 27.7 Å². The molecule has 0 saturated heterocycles. The fourth-order valence-electron chi connectivity index (χ4n) is 0.596. The Bertz CT molecular complexity index is 111. The second-order valence-electron chi connectivity index (χ2n) is 3.11. The SMILES string of the molecule is CC(C)P(Cl)(Cl)(Cl)C(C)C. The molecule has 0 aliphatic heterocycles. The van der Waals surface area contributed by atoms with Gasteiger partial charge in [0.25, 0.3) is 0 Å². The molecule has 4 heteroatoms. The van der Waals surface area contributed by atoms with Crippen molar-refractivity contribution in [2.24, 2.45) is 0 Å². The summed E-state index contributed by atoms with van der Waals surface area (Å²) in [4.78, 5) is 0. The Hall–Kier alpha value is 1.30. The van der Waals surface area contributed by atoms with E-state index in [1.54, 1.807) is 0 Å². The molecule has 0 saturated carbocycles. The van der Waals surface area contributed by atoms with E-state index in [9.17, 15) is 0 Å². The Morgan fingerprint density at radius 2 is 1.00 bits per heavy atom. The summed E-state index contributed by atoms with van der Waals surface area (Å²) in [5, 5.41) is 0. The molecule has 0 nitrogen and oxygen atoms in total. The van der Waals surface area contributed by atoms with Crippen LogP contribution in [-0.2, 0) is 0 Å². The summed E-state index contributed by atoms with van der Waals surface area (Å²) in [5.41, 5.74) is 0.326. The fourth-order valence-corrected chi connectivity index (χ4v) is 1.79. The summed E-state index contributed by atoms with van der Waals surface area (Å²) in [5.74, 6) is 0. The quantitative estimate of drug-likeness (QED) is 0.589. The van der Waals surface area contributed by atoms with Gasteiger partial charge in [0.1, 0.15) is 0 Å². The average molecular weight is 224 g/mol. The van der Waals surface area contributed by atoms with Gasteiger partial charge in [-0.1, -0.05) is 0 Å². The number of rotatable bonds is 2. The molecule has 0 amide bonds. The molecule has 0 spiro atoms. The van der Waals surface area contributed by atoms with Crippen molar-refractivity contribution in [3.8, 4) is 0 Å². The molecule has 0 fully saturated rings. The number of hydrogen-bond acceptors (Lipinski definition) is 0. The predicted octanol–water partition coefficient (Wildman–Crippen LogP) is 4.82. The first-order chi connectivity index (χ1) is 4.17. The Labute approximate surface area is 77.5 Å². The van der Waals surface area contributed by atoms with Gasteiger partial charge in [-0.25, -0.2) is 0 Å². The summed E-state index contributed by atoms with van der Waals surface area (Å²) in [6.45, 7) is 7.85. The Morgan fingerprint density at radius 1 is 0.800 bits per heavy atom. The van der Waals surface area contributed by atoms with Crippen molar-refractivity contribution in [2.45, 2.75) is 39.0 Å². The molecule has 0 atom stereocenters. The topological polar surface area (TPSA) is 0 Å². The minimum atomic E-state index is -2.90. The van der Waals surface area contributed by atoms with Crippen LogP contribution in [0.2, 0.25) is 0 Å². The summed E-state index contributed by atoms with van der Waals surface area (Å²) in [6, 6.07) is 0. The third-order valence-electron chi connectivity index (χ3n) is 1.77. The van der Waals surface area contributed by atoms with Crippen LogP contribution in [-0.4, -0.2) is 11.3 Å². The molecule has 0 bridgehead atoms. The van der Waals surface area contributed by atoms with Crippen molar-refractivity contribution in [3.05, 3.63) is 0 Å². The van der Waals surface area contributed by atoms with Crippen molar-refractivity contribution in [1.82, 2.24) is 0 Å². The first kappa shape index (κ1) is 11.3. The third kappa shape index (κ3) is 2.14. The molecule has 10 heavy (non-hydrogen) atoms. The first-order valence-electron chi connectivity index (χ1n) is 3.33. The maximum absolute atomic E-state index is 6.12. The molecule has 0 aromatic carbocycles. The molecule has 0 aliphatic rings. The molecular formula is C6H14Cl3P. The summed E-state index contributed by atoms with van der Waals surface area (Å²) >= 11 is 18.4. The van der Waals surface area contributed by atoms with E-state index in [2.05, 4.69) is 0 Å². The van der Waals surface area contributed by atoms with Gasteiger partial charge in [-0.05, 0) is 0 Å². The van der Waals surface area contributed by atoms with Crippen LogP contribution in [0.25, 0.3) is 0 Å². The second kappa shape index (κ2) is 2.98. The van der Waals surface area contributed by atoms with Crippen molar-refractivity contribution in [2.75, 3.05) is 0 Å². The van der Waals surface area contributed by atoms with Gasteiger partial charge >= 0.3 is 77.4 Å². The zero-order chi connectivity index (χ0) is 8.60. The van der Waals surface area contributed by atoms with Gasteiger partial charge in [0.15, 0.2) is 0 Å². The summed E-state index contributed by atoms with van der Waals surface area (Å²) < 4.78 is -2.90. The molecule has 0 aromatic rings. The number of halogens is 3. The van der Waals surface area contributed by atoms with Gasteiger partial charge in [0.05, 0.1) is 0 Å². The first-order valence-corrected chi connectivity index (χ1v) is 8.42. The minimum absolute atomic E-state index is 0.163. The fraction of sp³-hybridized carbons (Fsp3) is 1.00. The maximum atomic E-state index is 6.12. The van der Waals surface area contributed by atoms with Crippen molar-refractivity contribution >= 4 is 38.4 Å². The summed E-state index contributed by atoms with van der Waals surface area (Å²) in [7, 11) is 0.